The molecule has 1 fully saturated rings. The SMILES string of the molecule is Cc1cc(C(=O)NC(c2cccc(F)c2Cl)[C@]2(O)CC[C@H](F)CC2)c2cnn(C(C)C)c2n1. The highest BCUT2D eigenvalue weighted by Crippen LogP contribution is 2.42. The quantitative estimate of drug-likeness (QED) is 0.528. The molecule has 1 unspecified atom stereocenters. The van der Waals surface area contributed by atoms with E-state index in [1.165, 1.54) is 12.1 Å². The molecule has 4 rings (SSSR count). The van der Waals surface area contributed by atoms with Crippen molar-refractivity contribution in [2.75, 3.05) is 0 Å². The highest BCUT2D eigenvalue weighted by molar-refractivity contribution is 6.31. The van der Waals surface area contributed by atoms with Gasteiger partial charge in [0.25, 0.3) is 5.91 Å². The summed E-state index contributed by atoms with van der Waals surface area (Å²) in [5.41, 5.74) is 0.326. The van der Waals surface area contributed by atoms with E-state index in [1.54, 1.807) is 29.9 Å². The van der Waals surface area contributed by atoms with E-state index in [4.69, 9.17) is 11.6 Å². The van der Waals surface area contributed by atoms with E-state index < -0.39 is 29.5 Å². The van der Waals surface area contributed by atoms with Crippen molar-refractivity contribution in [3.05, 3.63) is 58.1 Å². The molecule has 1 amide bonds. The summed E-state index contributed by atoms with van der Waals surface area (Å²) in [6, 6.07) is 4.93. The largest absolute Gasteiger partial charge is 0.387 e. The Morgan fingerprint density at radius 2 is 2.03 bits per heavy atom. The van der Waals surface area contributed by atoms with Crippen LogP contribution in [0.2, 0.25) is 5.02 Å². The second-order valence-corrected chi connectivity index (χ2v) is 9.44. The minimum absolute atomic E-state index is 0.0446. The summed E-state index contributed by atoms with van der Waals surface area (Å²) in [5, 5.41) is 19.1. The Balaban J connectivity index is 1.77. The summed E-state index contributed by atoms with van der Waals surface area (Å²) in [4.78, 5) is 18.1. The number of aryl methyl sites for hydroxylation is 1. The van der Waals surface area contributed by atoms with Gasteiger partial charge in [-0.25, -0.2) is 18.4 Å². The number of carbonyl (C=O) groups is 1. The molecule has 1 aliphatic rings. The summed E-state index contributed by atoms with van der Waals surface area (Å²) in [6.45, 7) is 5.72. The van der Waals surface area contributed by atoms with E-state index in [-0.39, 0.29) is 42.3 Å². The number of fused-ring (bicyclic) bond motifs is 1. The Labute approximate surface area is 196 Å². The third kappa shape index (κ3) is 4.46. The standard InChI is InChI=1S/C24H27ClF2N4O2/c1-13(2)31-22-18(12-28-31)17(11-14(3)29-22)23(32)30-21(16-5-4-6-19(27)20(16)25)24(33)9-7-15(26)8-10-24/h4-6,11-13,15,21,33H,7-10H2,1-3H3,(H,30,32)/t15-,21?,24-. The summed E-state index contributed by atoms with van der Waals surface area (Å²) in [5.74, 6) is -1.13. The molecule has 3 aromatic rings. The van der Waals surface area contributed by atoms with Crippen molar-refractivity contribution < 1.29 is 18.7 Å². The zero-order valence-corrected chi connectivity index (χ0v) is 19.5. The van der Waals surface area contributed by atoms with E-state index >= 15 is 0 Å². The first-order valence-corrected chi connectivity index (χ1v) is 11.4. The highest BCUT2D eigenvalue weighted by atomic mass is 35.5. The molecule has 0 saturated heterocycles. The number of rotatable bonds is 5. The molecule has 0 spiro atoms. The molecular formula is C24H27ClF2N4O2. The van der Waals surface area contributed by atoms with Gasteiger partial charge < -0.3 is 10.4 Å². The fourth-order valence-electron chi connectivity index (χ4n) is 4.53. The van der Waals surface area contributed by atoms with Crippen LogP contribution in [-0.2, 0) is 0 Å². The number of amides is 1. The molecule has 1 atom stereocenters. The smallest absolute Gasteiger partial charge is 0.252 e. The van der Waals surface area contributed by atoms with Crippen molar-refractivity contribution in [1.29, 1.82) is 0 Å². The van der Waals surface area contributed by atoms with Crippen LogP contribution in [0.3, 0.4) is 0 Å². The van der Waals surface area contributed by atoms with Gasteiger partial charge in [0.05, 0.1) is 33.8 Å². The number of hydrogen-bond acceptors (Lipinski definition) is 4. The van der Waals surface area contributed by atoms with Crippen LogP contribution in [0.1, 0.15) is 73.2 Å². The Morgan fingerprint density at radius 3 is 2.70 bits per heavy atom. The third-order valence-corrected chi connectivity index (χ3v) is 6.71. The van der Waals surface area contributed by atoms with Gasteiger partial charge in [-0.2, -0.15) is 5.10 Å². The Kier molecular flexibility index (Phi) is 6.42. The number of carbonyl (C=O) groups excluding carboxylic acids is 1. The molecule has 1 aliphatic carbocycles. The lowest BCUT2D eigenvalue weighted by Gasteiger charge is -2.41. The van der Waals surface area contributed by atoms with Crippen molar-refractivity contribution >= 4 is 28.5 Å². The normalized spacial score (nSPS) is 22.0. The lowest BCUT2D eigenvalue weighted by molar-refractivity contribution is -0.0445. The Bertz CT molecular complexity index is 1190. The number of benzene rings is 1. The second-order valence-electron chi connectivity index (χ2n) is 9.06. The molecule has 2 N–H and O–H groups in total. The fraction of sp³-hybridized carbons (Fsp3) is 0.458. The number of nitrogens with one attached hydrogen (secondary N) is 1. The molecule has 0 aliphatic heterocycles. The van der Waals surface area contributed by atoms with Crippen LogP contribution in [0.15, 0.2) is 30.5 Å². The van der Waals surface area contributed by atoms with Crippen LogP contribution in [0.4, 0.5) is 8.78 Å². The molecule has 0 bridgehead atoms. The molecular weight excluding hydrogens is 450 g/mol. The van der Waals surface area contributed by atoms with Gasteiger partial charge in [-0.1, -0.05) is 23.7 Å². The molecule has 33 heavy (non-hydrogen) atoms. The zero-order chi connectivity index (χ0) is 23.9. The van der Waals surface area contributed by atoms with Gasteiger partial charge in [0.15, 0.2) is 5.65 Å². The van der Waals surface area contributed by atoms with Crippen LogP contribution in [-0.4, -0.2) is 37.6 Å². The lowest BCUT2D eigenvalue weighted by Crippen LogP contribution is -2.48. The topological polar surface area (TPSA) is 80.0 Å². The number of aliphatic hydroxyl groups is 1. The maximum atomic E-state index is 14.3. The number of nitrogens with zero attached hydrogens (tertiary/aromatic N) is 3. The Morgan fingerprint density at radius 1 is 1.33 bits per heavy atom. The van der Waals surface area contributed by atoms with E-state index in [1.807, 2.05) is 13.8 Å². The number of aromatic nitrogens is 3. The zero-order valence-electron chi connectivity index (χ0n) is 18.8. The third-order valence-electron chi connectivity index (χ3n) is 6.31. The van der Waals surface area contributed by atoms with E-state index in [9.17, 15) is 18.7 Å². The van der Waals surface area contributed by atoms with Gasteiger partial charge in [-0.3, -0.25) is 4.79 Å². The first-order chi connectivity index (χ1) is 15.6. The summed E-state index contributed by atoms with van der Waals surface area (Å²) < 4.78 is 29.9. The monoisotopic (exact) mass is 476 g/mol. The van der Waals surface area contributed by atoms with E-state index in [0.717, 1.165) is 0 Å². The van der Waals surface area contributed by atoms with Crippen LogP contribution < -0.4 is 5.32 Å². The van der Waals surface area contributed by atoms with Crippen LogP contribution in [0.5, 0.6) is 0 Å². The van der Waals surface area contributed by atoms with Crippen LogP contribution >= 0.6 is 11.6 Å². The van der Waals surface area contributed by atoms with Gasteiger partial charge in [0.1, 0.15) is 12.0 Å². The molecule has 0 radical (unpaired) electrons. The maximum absolute atomic E-state index is 14.3. The van der Waals surface area contributed by atoms with Crippen molar-refractivity contribution in [3.63, 3.8) is 0 Å². The molecule has 176 valence electrons. The van der Waals surface area contributed by atoms with Crippen molar-refractivity contribution in [1.82, 2.24) is 20.1 Å². The maximum Gasteiger partial charge on any atom is 0.252 e. The number of halogens is 3. The van der Waals surface area contributed by atoms with Gasteiger partial charge in [-0.15, -0.1) is 0 Å². The van der Waals surface area contributed by atoms with Crippen molar-refractivity contribution in [2.24, 2.45) is 0 Å². The highest BCUT2D eigenvalue weighted by Gasteiger charge is 2.43. The number of hydrogen-bond donors (Lipinski definition) is 2. The lowest BCUT2D eigenvalue weighted by atomic mass is 9.76. The van der Waals surface area contributed by atoms with Crippen LogP contribution in [0, 0.1) is 12.7 Å². The average molecular weight is 477 g/mol. The van der Waals surface area contributed by atoms with Crippen molar-refractivity contribution in [3.8, 4) is 0 Å². The summed E-state index contributed by atoms with van der Waals surface area (Å²) in [7, 11) is 0. The predicted molar refractivity (Wildman–Crippen MR) is 123 cm³/mol. The molecule has 1 aromatic carbocycles. The fourth-order valence-corrected chi connectivity index (χ4v) is 4.77. The number of pyridine rings is 1. The minimum atomic E-state index is -1.47. The second kappa shape index (κ2) is 8.99. The number of alkyl halides is 1. The summed E-state index contributed by atoms with van der Waals surface area (Å²) in [6.07, 6.45) is 1.09. The van der Waals surface area contributed by atoms with Gasteiger partial charge >= 0.3 is 0 Å². The molecule has 2 heterocycles. The molecule has 2 aromatic heterocycles. The summed E-state index contributed by atoms with van der Waals surface area (Å²) >= 11 is 6.25. The average Bonchev–Trinajstić information content (AvgIpc) is 3.19. The van der Waals surface area contributed by atoms with Crippen LogP contribution in [0.25, 0.3) is 11.0 Å². The molecule has 1 saturated carbocycles. The van der Waals surface area contributed by atoms with E-state index in [0.29, 0.717) is 22.3 Å². The van der Waals surface area contributed by atoms with E-state index in [2.05, 4.69) is 15.4 Å². The first kappa shape index (κ1) is 23.6. The van der Waals surface area contributed by atoms with Crippen molar-refractivity contribution in [2.45, 2.75) is 70.3 Å². The first-order valence-electron chi connectivity index (χ1n) is 11.1. The minimum Gasteiger partial charge on any atom is -0.387 e. The van der Waals surface area contributed by atoms with Gasteiger partial charge in [0, 0.05) is 11.7 Å². The predicted octanol–water partition coefficient (Wildman–Crippen LogP) is 5.23. The van der Waals surface area contributed by atoms with Gasteiger partial charge in [-0.05, 0) is 64.2 Å². The molecule has 9 heteroatoms. The molecule has 6 nitrogen and oxygen atoms in total. The Hall–Kier alpha value is -2.58. The van der Waals surface area contributed by atoms with Gasteiger partial charge in [0.2, 0.25) is 0 Å².